The highest BCUT2D eigenvalue weighted by atomic mass is 19.1. The zero-order chi connectivity index (χ0) is 18.8. The van der Waals surface area contributed by atoms with E-state index in [1.165, 1.54) is 11.6 Å². The van der Waals surface area contributed by atoms with Crippen LogP contribution in [0.15, 0.2) is 53.5 Å². The maximum atomic E-state index is 13.6. The van der Waals surface area contributed by atoms with Crippen molar-refractivity contribution in [2.75, 3.05) is 25.5 Å². The molecule has 0 fully saturated rings. The molecule has 0 aliphatic rings. The Hall–Kier alpha value is -2.89. The predicted molar refractivity (Wildman–Crippen MR) is 104 cm³/mol. The molecule has 0 atom stereocenters. The Labute approximate surface area is 153 Å². The fourth-order valence-corrected chi connectivity index (χ4v) is 2.48. The number of hydrogen-bond donors (Lipinski definition) is 3. The number of aliphatic imine (C=N–C) groups is 1. The molecule has 0 radical (unpaired) electrons. The number of nitrogens with zero attached hydrogens (tertiary/aromatic N) is 1. The SMILES string of the molecule is CCc1cccc(NC(=O)CNC(=NC)NCCc2ccccc2F)c1. The summed E-state index contributed by atoms with van der Waals surface area (Å²) >= 11 is 0. The molecule has 3 N–H and O–H groups in total. The predicted octanol–water partition coefficient (Wildman–Crippen LogP) is 2.73. The number of halogens is 1. The first-order valence-electron chi connectivity index (χ1n) is 8.69. The minimum absolute atomic E-state index is 0.0930. The fourth-order valence-electron chi connectivity index (χ4n) is 2.48. The summed E-state index contributed by atoms with van der Waals surface area (Å²) in [5, 5.41) is 8.88. The van der Waals surface area contributed by atoms with Gasteiger partial charge in [-0.05, 0) is 42.2 Å². The summed E-state index contributed by atoms with van der Waals surface area (Å²) in [5.74, 6) is 0.125. The third kappa shape index (κ3) is 6.20. The van der Waals surface area contributed by atoms with Crippen LogP contribution in [0.3, 0.4) is 0 Å². The first kappa shape index (κ1) is 19.4. The van der Waals surface area contributed by atoms with E-state index < -0.39 is 0 Å². The molecule has 1 amide bonds. The Morgan fingerprint density at radius 3 is 2.65 bits per heavy atom. The second-order valence-electron chi connectivity index (χ2n) is 5.80. The van der Waals surface area contributed by atoms with Crippen LogP contribution in [0.1, 0.15) is 18.1 Å². The van der Waals surface area contributed by atoms with Crippen molar-refractivity contribution < 1.29 is 9.18 Å². The lowest BCUT2D eigenvalue weighted by atomic mass is 10.1. The zero-order valence-electron chi connectivity index (χ0n) is 15.2. The Morgan fingerprint density at radius 2 is 1.92 bits per heavy atom. The lowest BCUT2D eigenvalue weighted by molar-refractivity contribution is -0.115. The van der Waals surface area contributed by atoms with Crippen LogP contribution in [0.4, 0.5) is 10.1 Å². The molecule has 5 nitrogen and oxygen atoms in total. The van der Waals surface area contributed by atoms with Gasteiger partial charge in [0.15, 0.2) is 5.96 Å². The number of anilines is 1. The average molecular weight is 356 g/mol. The van der Waals surface area contributed by atoms with E-state index >= 15 is 0 Å². The van der Waals surface area contributed by atoms with Gasteiger partial charge < -0.3 is 16.0 Å². The minimum atomic E-state index is -0.217. The van der Waals surface area contributed by atoms with Crippen molar-refractivity contribution in [2.45, 2.75) is 19.8 Å². The van der Waals surface area contributed by atoms with Gasteiger partial charge in [-0.25, -0.2) is 4.39 Å². The highest BCUT2D eigenvalue weighted by molar-refractivity contribution is 5.95. The number of rotatable bonds is 7. The minimum Gasteiger partial charge on any atom is -0.356 e. The van der Waals surface area contributed by atoms with E-state index in [1.807, 2.05) is 30.3 Å². The largest absolute Gasteiger partial charge is 0.356 e. The van der Waals surface area contributed by atoms with E-state index in [-0.39, 0.29) is 18.3 Å². The Bertz CT molecular complexity index is 761. The summed E-state index contributed by atoms with van der Waals surface area (Å²) in [7, 11) is 1.63. The maximum absolute atomic E-state index is 13.6. The molecule has 0 aliphatic carbocycles. The van der Waals surface area contributed by atoms with Crippen molar-refractivity contribution in [3.05, 3.63) is 65.5 Å². The molecule has 0 heterocycles. The van der Waals surface area contributed by atoms with Gasteiger partial charge in [0.1, 0.15) is 5.82 Å². The average Bonchev–Trinajstić information content (AvgIpc) is 2.66. The quantitative estimate of drug-likeness (QED) is 0.528. The van der Waals surface area contributed by atoms with E-state index in [4.69, 9.17) is 0 Å². The van der Waals surface area contributed by atoms with Crippen LogP contribution in [0.5, 0.6) is 0 Å². The third-order valence-corrected chi connectivity index (χ3v) is 3.90. The molecule has 0 aromatic heterocycles. The summed E-state index contributed by atoms with van der Waals surface area (Å²) < 4.78 is 13.6. The number of guanidine groups is 1. The lowest BCUT2D eigenvalue weighted by Crippen LogP contribution is -2.42. The van der Waals surface area contributed by atoms with Crippen molar-refractivity contribution in [2.24, 2.45) is 4.99 Å². The monoisotopic (exact) mass is 356 g/mol. The van der Waals surface area contributed by atoms with Crippen molar-refractivity contribution in [3.8, 4) is 0 Å². The van der Waals surface area contributed by atoms with Crippen LogP contribution >= 0.6 is 0 Å². The molecule has 138 valence electrons. The summed E-state index contributed by atoms with van der Waals surface area (Å²) in [6, 6.07) is 14.4. The Balaban J connectivity index is 1.75. The molecule has 0 aliphatic heterocycles. The van der Waals surface area contributed by atoms with Gasteiger partial charge in [0.05, 0.1) is 6.54 Å². The van der Waals surface area contributed by atoms with Gasteiger partial charge >= 0.3 is 0 Å². The van der Waals surface area contributed by atoms with E-state index in [2.05, 4.69) is 27.9 Å². The Morgan fingerprint density at radius 1 is 1.12 bits per heavy atom. The summed E-state index contributed by atoms with van der Waals surface area (Å²) in [6.45, 7) is 2.68. The van der Waals surface area contributed by atoms with E-state index in [1.54, 1.807) is 19.2 Å². The molecule has 0 unspecified atom stereocenters. The normalized spacial score (nSPS) is 11.1. The lowest BCUT2D eigenvalue weighted by Gasteiger charge is -2.12. The number of benzene rings is 2. The molecule has 0 saturated heterocycles. The highest BCUT2D eigenvalue weighted by Gasteiger charge is 2.05. The van der Waals surface area contributed by atoms with Crippen molar-refractivity contribution in [3.63, 3.8) is 0 Å². The van der Waals surface area contributed by atoms with Crippen molar-refractivity contribution >= 4 is 17.6 Å². The number of hydrogen-bond acceptors (Lipinski definition) is 2. The smallest absolute Gasteiger partial charge is 0.243 e. The number of nitrogens with one attached hydrogen (secondary N) is 3. The van der Waals surface area contributed by atoms with Gasteiger partial charge in [0, 0.05) is 19.3 Å². The highest BCUT2D eigenvalue weighted by Crippen LogP contribution is 2.10. The third-order valence-electron chi connectivity index (χ3n) is 3.90. The topological polar surface area (TPSA) is 65.5 Å². The summed E-state index contributed by atoms with van der Waals surface area (Å²) in [5.41, 5.74) is 2.59. The van der Waals surface area contributed by atoms with Crippen LogP contribution in [0.25, 0.3) is 0 Å². The van der Waals surface area contributed by atoms with Gasteiger partial charge in [-0.1, -0.05) is 37.3 Å². The second-order valence-corrected chi connectivity index (χ2v) is 5.80. The van der Waals surface area contributed by atoms with Gasteiger partial charge in [0.25, 0.3) is 0 Å². The molecule has 0 spiro atoms. The first-order chi connectivity index (χ1) is 12.6. The molecule has 6 heteroatoms. The molecular formula is C20H25FN4O. The molecule has 2 aromatic carbocycles. The van der Waals surface area contributed by atoms with Crippen LogP contribution in [0.2, 0.25) is 0 Å². The first-order valence-corrected chi connectivity index (χ1v) is 8.69. The van der Waals surface area contributed by atoms with Crippen LogP contribution in [-0.4, -0.2) is 32.0 Å². The molecule has 2 rings (SSSR count). The van der Waals surface area contributed by atoms with E-state index in [0.29, 0.717) is 24.5 Å². The number of carbonyl (C=O) groups is 1. The molecule has 2 aromatic rings. The fraction of sp³-hybridized carbons (Fsp3) is 0.300. The van der Waals surface area contributed by atoms with Crippen molar-refractivity contribution in [1.29, 1.82) is 0 Å². The van der Waals surface area contributed by atoms with E-state index in [9.17, 15) is 9.18 Å². The molecule has 0 saturated carbocycles. The van der Waals surface area contributed by atoms with Crippen molar-refractivity contribution in [1.82, 2.24) is 10.6 Å². The van der Waals surface area contributed by atoms with Gasteiger partial charge in [-0.15, -0.1) is 0 Å². The summed E-state index contributed by atoms with van der Waals surface area (Å²) in [4.78, 5) is 16.1. The number of aryl methyl sites for hydroxylation is 1. The molecule has 26 heavy (non-hydrogen) atoms. The standard InChI is InChI=1S/C20H25FN4O/c1-3-15-7-6-9-17(13-15)25-19(26)14-24-20(22-2)23-12-11-16-8-4-5-10-18(16)21/h4-10,13H,3,11-12,14H2,1-2H3,(H,25,26)(H2,22,23,24). The molecule has 0 bridgehead atoms. The van der Waals surface area contributed by atoms with Crippen LogP contribution in [-0.2, 0) is 17.6 Å². The molecular weight excluding hydrogens is 331 g/mol. The van der Waals surface area contributed by atoms with Gasteiger partial charge in [0.2, 0.25) is 5.91 Å². The summed E-state index contributed by atoms with van der Waals surface area (Å²) in [6.07, 6.45) is 1.45. The number of carbonyl (C=O) groups excluding carboxylic acids is 1. The van der Waals surface area contributed by atoms with Crippen LogP contribution in [0, 0.1) is 5.82 Å². The van der Waals surface area contributed by atoms with Gasteiger partial charge in [-0.3, -0.25) is 9.79 Å². The Kier molecular flexibility index (Phi) is 7.61. The second kappa shape index (κ2) is 10.2. The van der Waals surface area contributed by atoms with Crippen LogP contribution < -0.4 is 16.0 Å². The van der Waals surface area contributed by atoms with E-state index in [0.717, 1.165) is 12.1 Å². The zero-order valence-corrected chi connectivity index (χ0v) is 15.2. The van der Waals surface area contributed by atoms with Gasteiger partial charge in [-0.2, -0.15) is 0 Å². The number of amides is 1. The maximum Gasteiger partial charge on any atom is 0.243 e.